The number of amides is 2. The molecular formula is C21H20N2O5S. The van der Waals surface area contributed by atoms with Crippen LogP contribution in [0.3, 0.4) is 0 Å². The second-order valence-corrected chi connectivity index (χ2v) is 7.24. The van der Waals surface area contributed by atoms with Gasteiger partial charge in [-0.3, -0.25) is 24.1 Å². The fraction of sp³-hybridized carbons (Fsp3) is 0.238. The summed E-state index contributed by atoms with van der Waals surface area (Å²) >= 11 is 1.58. The maximum absolute atomic E-state index is 12.4. The van der Waals surface area contributed by atoms with Gasteiger partial charge in [-0.25, -0.2) is 0 Å². The summed E-state index contributed by atoms with van der Waals surface area (Å²) in [5, 5.41) is 2.69. The van der Waals surface area contributed by atoms with Crippen LogP contribution >= 0.6 is 11.8 Å². The topological polar surface area (TPSA) is 92.8 Å². The monoisotopic (exact) mass is 412 g/mol. The summed E-state index contributed by atoms with van der Waals surface area (Å²) in [6.45, 7) is -0.630. The van der Waals surface area contributed by atoms with Gasteiger partial charge in [-0.15, -0.1) is 11.8 Å². The van der Waals surface area contributed by atoms with E-state index >= 15 is 0 Å². The van der Waals surface area contributed by atoms with Crippen LogP contribution in [0.1, 0.15) is 23.2 Å². The molecule has 29 heavy (non-hydrogen) atoms. The quantitative estimate of drug-likeness (QED) is 0.427. The van der Waals surface area contributed by atoms with Gasteiger partial charge in [0.2, 0.25) is 5.91 Å². The Kier molecular flexibility index (Phi) is 6.66. The predicted molar refractivity (Wildman–Crippen MR) is 110 cm³/mol. The van der Waals surface area contributed by atoms with Crippen LogP contribution in [-0.4, -0.2) is 43.0 Å². The molecule has 3 rings (SSSR count). The second kappa shape index (κ2) is 9.38. The highest BCUT2D eigenvalue weighted by molar-refractivity contribution is 7.98. The molecule has 0 saturated heterocycles. The van der Waals surface area contributed by atoms with Gasteiger partial charge in [0.05, 0.1) is 17.8 Å². The first-order chi connectivity index (χ1) is 14.0. The number of carbonyl (C=O) groups is 4. The van der Waals surface area contributed by atoms with Crippen LogP contribution in [0.5, 0.6) is 0 Å². The molecule has 2 aromatic rings. The molecule has 150 valence electrons. The SMILES string of the molecule is CSc1ccc(C(=O)CCC(=O)OCC(=O)N2CC(=O)Nc3ccccc32)cc1. The van der Waals surface area contributed by atoms with Gasteiger partial charge >= 0.3 is 5.97 Å². The fourth-order valence-electron chi connectivity index (χ4n) is 2.88. The van der Waals surface area contributed by atoms with Crippen molar-refractivity contribution in [2.24, 2.45) is 0 Å². The lowest BCUT2D eigenvalue weighted by molar-refractivity contribution is -0.147. The number of esters is 1. The molecule has 2 amide bonds. The van der Waals surface area contributed by atoms with Gasteiger partial charge in [-0.2, -0.15) is 0 Å². The zero-order valence-electron chi connectivity index (χ0n) is 15.8. The van der Waals surface area contributed by atoms with E-state index in [2.05, 4.69) is 5.32 Å². The van der Waals surface area contributed by atoms with E-state index in [9.17, 15) is 19.2 Å². The minimum absolute atomic E-state index is 0.000587. The summed E-state index contributed by atoms with van der Waals surface area (Å²) in [5.74, 6) is -1.62. The van der Waals surface area contributed by atoms with Crippen LogP contribution < -0.4 is 10.2 Å². The molecule has 0 saturated carbocycles. The molecule has 1 aliphatic heterocycles. The molecular weight excluding hydrogens is 392 g/mol. The number of benzene rings is 2. The molecule has 1 heterocycles. The molecule has 0 unspecified atom stereocenters. The number of ether oxygens (including phenoxy) is 1. The summed E-state index contributed by atoms with van der Waals surface area (Å²) in [6, 6.07) is 14.0. The van der Waals surface area contributed by atoms with Crippen LogP contribution in [0.15, 0.2) is 53.4 Å². The summed E-state index contributed by atoms with van der Waals surface area (Å²) in [5.41, 5.74) is 1.61. The maximum Gasteiger partial charge on any atom is 0.306 e. The Morgan fingerprint density at radius 1 is 1.07 bits per heavy atom. The number of Topliss-reactive ketones (excluding diaryl/α,β-unsaturated/α-hetero) is 1. The number of ketones is 1. The Labute approximate surface area is 172 Å². The number of nitrogens with one attached hydrogen (secondary N) is 1. The minimum Gasteiger partial charge on any atom is -0.456 e. The number of anilines is 2. The number of fused-ring (bicyclic) bond motifs is 1. The van der Waals surface area contributed by atoms with Crippen LogP contribution in [0.4, 0.5) is 11.4 Å². The fourth-order valence-corrected chi connectivity index (χ4v) is 3.29. The third-order valence-corrected chi connectivity index (χ3v) is 5.14. The Hall–Kier alpha value is -3.13. The van der Waals surface area contributed by atoms with Crippen molar-refractivity contribution in [1.82, 2.24) is 0 Å². The van der Waals surface area contributed by atoms with E-state index in [1.807, 2.05) is 18.4 Å². The van der Waals surface area contributed by atoms with E-state index in [0.29, 0.717) is 16.9 Å². The maximum atomic E-state index is 12.4. The van der Waals surface area contributed by atoms with Crippen molar-refractivity contribution in [3.05, 3.63) is 54.1 Å². The number of carbonyl (C=O) groups excluding carboxylic acids is 4. The molecule has 1 aliphatic rings. The average Bonchev–Trinajstić information content (AvgIpc) is 2.75. The molecule has 0 spiro atoms. The summed E-state index contributed by atoms with van der Waals surface area (Å²) in [4.78, 5) is 50.7. The smallest absolute Gasteiger partial charge is 0.306 e. The van der Waals surface area contributed by atoms with E-state index in [4.69, 9.17) is 4.74 Å². The first-order valence-electron chi connectivity index (χ1n) is 9.00. The lowest BCUT2D eigenvalue weighted by Crippen LogP contribution is -2.44. The van der Waals surface area contributed by atoms with Crippen molar-refractivity contribution < 1.29 is 23.9 Å². The number of para-hydroxylation sites is 2. The highest BCUT2D eigenvalue weighted by atomic mass is 32.2. The molecule has 0 aromatic heterocycles. The second-order valence-electron chi connectivity index (χ2n) is 6.36. The van der Waals surface area contributed by atoms with Crippen molar-refractivity contribution in [2.75, 3.05) is 29.6 Å². The summed E-state index contributed by atoms with van der Waals surface area (Å²) in [6.07, 6.45) is 1.83. The van der Waals surface area contributed by atoms with Gasteiger partial charge in [0, 0.05) is 16.9 Å². The van der Waals surface area contributed by atoms with Gasteiger partial charge in [0.15, 0.2) is 12.4 Å². The van der Waals surface area contributed by atoms with Crippen LogP contribution in [-0.2, 0) is 19.1 Å². The Bertz CT molecular complexity index is 942. The van der Waals surface area contributed by atoms with E-state index in [1.54, 1.807) is 48.2 Å². The van der Waals surface area contributed by atoms with E-state index in [-0.39, 0.29) is 31.1 Å². The largest absolute Gasteiger partial charge is 0.456 e. The standard InChI is InChI=1S/C21H20N2O5S/c1-29-15-8-6-14(7-9-15)18(24)10-11-21(27)28-13-20(26)23-12-19(25)22-16-4-2-3-5-17(16)23/h2-9H,10-13H2,1H3,(H,22,25). The van der Waals surface area contributed by atoms with Crippen molar-refractivity contribution in [3.63, 3.8) is 0 Å². The molecule has 0 aliphatic carbocycles. The Morgan fingerprint density at radius 2 is 1.79 bits per heavy atom. The normalized spacial score (nSPS) is 12.7. The van der Waals surface area contributed by atoms with Crippen molar-refractivity contribution in [1.29, 1.82) is 0 Å². The predicted octanol–water partition coefficient (Wildman–Crippen LogP) is 2.90. The highest BCUT2D eigenvalue weighted by Crippen LogP contribution is 2.28. The van der Waals surface area contributed by atoms with E-state index in [0.717, 1.165) is 4.90 Å². The first-order valence-corrected chi connectivity index (χ1v) is 10.2. The van der Waals surface area contributed by atoms with Gasteiger partial charge in [0.1, 0.15) is 6.54 Å². The number of thioether (sulfide) groups is 1. The molecule has 8 heteroatoms. The number of rotatable bonds is 7. The van der Waals surface area contributed by atoms with Crippen LogP contribution in [0.25, 0.3) is 0 Å². The zero-order valence-corrected chi connectivity index (χ0v) is 16.7. The third kappa shape index (κ3) is 5.23. The Balaban J connectivity index is 1.49. The van der Waals surface area contributed by atoms with Crippen molar-refractivity contribution in [2.45, 2.75) is 17.7 Å². The molecule has 1 N–H and O–H groups in total. The average molecular weight is 412 g/mol. The molecule has 0 radical (unpaired) electrons. The van der Waals surface area contributed by atoms with Gasteiger partial charge < -0.3 is 10.1 Å². The van der Waals surface area contributed by atoms with E-state index in [1.165, 1.54) is 4.90 Å². The molecule has 0 fully saturated rings. The number of nitrogens with zero attached hydrogens (tertiary/aromatic N) is 1. The molecule has 7 nitrogen and oxygen atoms in total. The van der Waals surface area contributed by atoms with Gasteiger partial charge in [-0.1, -0.05) is 24.3 Å². The van der Waals surface area contributed by atoms with Crippen LogP contribution in [0, 0.1) is 0 Å². The lowest BCUT2D eigenvalue weighted by Gasteiger charge is -2.28. The molecule has 0 bridgehead atoms. The molecule has 2 aromatic carbocycles. The zero-order chi connectivity index (χ0) is 20.8. The Morgan fingerprint density at radius 3 is 2.52 bits per heavy atom. The third-order valence-electron chi connectivity index (χ3n) is 4.40. The number of hydrogen-bond acceptors (Lipinski definition) is 6. The minimum atomic E-state index is -0.637. The highest BCUT2D eigenvalue weighted by Gasteiger charge is 2.27. The van der Waals surface area contributed by atoms with Crippen molar-refractivity contribution >= 4 is 46.7 Å². The van der Waals surface area contributed by atoms with Gasteiger partial charge in [0.25, 0.3) is 5.91 Å². The summed E-state index contributed by atoms with van der Waals surface area (Å²) < 4.78 is 5.01. The summed E-state index contributed by atoms with van der Waals surface area (Å²) in [7, 11) is 0. The first kappa shape index (κ1) is 20.6. The van der Waals surface area contributed by atoms with Crippen LogP contribution in [0.2, 0.25) is 0 Å². The van der Waals surface area contributed by atoms with E-state index < -0.39 is 18.5 Å². The van der Waals surface area contributed by atoms with Gasteiger partial charge in [-0.05, 0) is 30.5 Å². The molecule has 0 atom stereocenters. The number of hydrogen-bond donors (Lipinski definition) is 1. The lowest BCUT2D eigenvalue weighted by atomic mass is 10.1. The van der Waals surface area contributed by atoms with Crippen molar-refractivity contribution in [3.8, 4) is 0 Å².